The molecule has 0 saturated heterocycles. The van der Waals surface area contributed by atoms with Gasteiger partial charge in [0.15, 0.2) is 0 Å². The fourth-order valence-corrected chi connectivity index (χ4v) is 2.43. The minimum Gasteiger partial charge on any atom is -0.392 e. The third kappa shape index (κ3) is 2.39. The molecule has 0 aromatic heterocycles. The van der Waals surface area contributed by atoms with E-state index in [0.29, 0.717) is 5.92 Å². The standard InChI is InChI=1S/C13H19NO/c1-10(15)8-14(2)9-12-7-11-5-3-4-6-13(11)12/h3-6,10,12,15H,7-9H2,1-2H3. The van der Waals surface area contributed by atoms with Gasteiger partial charge in [-0.2, -0.15) is 0 Å². The zero-order valence-corrected chi connectivity index (χ0v) is 9.48. The Bertz CT molecular complexity index is 335. The molecule has 15 heavy (non-hydrogen) atoms. The first-order valence-corrected chi connectivity index (χ1v) is 5.61. The second-order valence-corrected chi connectivity index (χ2v) is 4.67. The van der Waals surface area contributed by atoms with E-state index >= 15 is 0 Å². The normalized spacial score (nSPS) is 20.9. The highest BCUT2D eigenvalue weighted by molar-refractivity contribution is 5.40. The van der Waals surface area contributed by atoms with E-state index < -0.39 is 0 Å². The van der Waals surface area contributed by atoms with Crippen LogP contribution in [0.25, 0.3) is 0 Å². The van der Waals surface area contributed by atoms with Crippen LogP contribution in [-0.2, 0) is 6.42 Å². The van der Waals surface area contributed by atoms with Crippen LogP contribution in [0.2, 0.25) is 0 Å². The predicted octanol–water partition coefficient (Wildman–Crippen LogP) is 1.64. The van der Waals surface area contributed by atoms with Gasteiger partial charge in [0.2, 0.25) is 0 Å². The summed E-state index contributed by atoms with van der Waals surface area (Å²) in [5.41, 5.74) is 2.99. The predicted molar refractivity (Wildman–Crippen MR) is 62.1 cm³/mol. The van der Waals surface area contributed by atoms with Crippen molar-refractivity contribution in [2.75, 3.05) is 20.1 Å². The van der Waals surface area contributed by atoms with Gasteiger partial charge in [-0.1, -0.05) is 24.3 Å². The number of rotatable bonds is 4. The number of benzene rings is 1. The molecule has 2 heteroatoms. The highest BCUT2D eigenvalue weighted by Crippen LogP contribution is 2.34. The Morgan fingerprint density at radius 1 is 1.47 bits per heavy atom. The van der Waals surface area contributed by atoms with E-state index in [1.165, 1.54) is 17.5 Å². The first kappa shape index (κ1) is 10.7. The summed E-state index contributed by atoms with van der Waals surface area (Å²) >= 11 is 0. The smallest absolute Gasteiger partial charge is 0.0638 e. The molecule has 2 rings (SSSR count). The van der Waals surface area contributed by atoms with Crippen LogP contribution in [0.15, 0.2) is 24.3 Å². The molecular weight excluding hydrogens is 186 g/mol. The van der Waals surface area contributed by atoms with E-state index in [4.69, 9.17) is 0 Å². The molecule has 0 heterocycles. The fourth-order valence-electron chi connectivity index (χ4n) is 2.43. The summed E-state index contributed by atoms with van der Waals surface area (Å²) in [6, 6.07) is 8.65. The average molecular weight is 205 g/mol. The molecule has 0 bridgehead atoms. The van der Waals surface area contributed by atoms with Crippen molar-refractivity contribution in [2.24, 2.45) is 0 Å². The van der Waals surface area contributed by atoms with E-state index in [1.807, 2.05) is 6.92 Å². The van der Waals surface area contributed by atoms with Crippen molar-refractivity contribution in [1.29, 1.82) is 0 Å². The maximum absolute atomic E-state index is 9.28. The summed E-state index contributed by atoms with van der Waals surface area (Å²) in [6.45, 7) is 3.66. The number of fused-ring (bicyclic) bond motifs is 1. The summed E-state index contributed by atoms with van der Waals surface area (Å²) < 4.78 is 0. The van der Waals surface area contributed by atoms with Crippen LogP contribution in [0.5, 0.6) is 0 Å². The summed E-state index contributed by atoms with van der Waals surface area (Å²) in [6.07, 6.45) is 0.964. The molecule has 0 spiro atoms. The Balaban J connectivity index is 1.89. The topological polar surface area (TPSA) is 23.5 Å². The minimum absolute atomic E-state index is 0.231. The van der Waals surface area contributed by atoms with Crippen LogP contribution < -0.4 is 0 Å². The molecular formula is C13H19NO. The van der Waals surface area contributed by atoms with Crippen LogP contribution in [-0.4, -0.2) is 36.2 Å². The average Bonchev–Trinajstić information content (AvgIpc) is 2.13. The maximum atomic E-state index is 9.28. The van der Waals surface area contributed by atoms with Crippen molar-refractivity contribution in [3.63, 3.8) is 0 Å². The first-order valence-electron chi connectivity index (χ1n) is 5.61. The number of hydrogen-bond acceptors (Lipinski definition) is 2. The molecule has 0 fully saturated rings. The molecule has 2 atom stereocenters. The molecule has 2 unspecified atom stereocenters. The van der Waals surface area contributed by atoms with Crippen LogP contribution in [0.4, 0.5) is 0 Å². The summed E-state index contributed by atoms with van der Waals surface area (Å²) in [7, 11) is 2.08. The second kappa shape index (κ2) is 4.33. The van der Waals surface area contributed by atoms with Gasteiger partial charge in [-0.15, -0.1) is 0 Å². The van der Waals surface area contributed by atoms with E-state index in [1.54, 1.807) is 0 Å². The summed E-state index contributed by atoms with van der Waals surface area (Å²) in [4.78, 5) is 2.21. The van der Waals surface area contributed by atoms with Crippen molar-refractivity contribution in [3.8, 4) is 0 Å². The lowest BCUT2D eigenvalue weighted by Crippen LogP contribution is -2.34. The van der Waals surface area contributed by atoms with E-state index in [9.17, 15) is 5.11 Å². The number of nitrogens with zero attached hydrogens (tertiary/aromatic N) is 1. The van der Waals surface area contributed by atoms with Gasteiger partial charge in [0.05, 0.1) is 6.10 Å². The Labute approximate surface area is 91.5 Å². The van der Waals surface area contributed by atoms with Crippen molar-refractivity contribution >= 4 is 0 Å². The number of aliphatic hydroxyl groups is 1. The molecule has 1 aromatic rings. The minimum atomic E-state index is -0.231. The molecule has 0 saturated carbocycles. The third-order valence-corrected chi connectivity index (χ3v) is 3.07. The Hall–Kier alpha value is -0.860. The molecule has 82 valence electrons. The number of hydrogen-bond donors (Lipinski definition) is 1. The van der Waals surface area contributed by atoms with Gasteiger partial charge in [-0.25, -0.2) is 0 Å². The Morgan fingerprint density at radius 3 is 2.87 bits per heavy atom. The lowest BCUT2D eigenvalue weighted by molar-refractivity contribution is 0.136. The van der Waals surface area contributed by atoms with E-state index in [-0.39, 0.29) is 6.10 Å². The molecule has 0 aliphatic heterocycles. The zero-order valence-electron chi connectivity index (χ0n) is 9.48. The highest BCUT2D eigenvalue weighted by Gasteiger charge is 2.26. The van der Waals surface area contributed by atoms with Crippen LogP contribution in [0.1, 0.15) is 24.0 Å². The second-order valence-electron chi connectivity index (χ2n) is 4.67. The maximum Gasteiger partial charge on any atom is 0.0638 e. The molecule has 0 radical (unpaired) electrons. The SMILES string of the molecule is CC(O)CN(C)CC1Cc2ccccc21. The Morgan fingerprint density at radius 2 is 2.20 bits per heavy atom. The van der Waals surface area contributed by atoms with E-state index in [2.05, 4.69) is 36.2 Å². The monoisotopic (exact) mass is 205 g/mol. The number of aliphatic hydroxyl groups excluding tert-OH is 1. The van der Waals surface area contributed by atoms with Crippen molar-refractivity contribution < 1.29 is 5.11 Å². The van der Waals surface area contributed by atoms with Gasteiger partial charge in [0.1, 0.15) is 0 Å². The summed E-state index contributed by atoms with van der Waals surface area (Å²) in [5.74, 6) is 0.671. The van der Waals surface area contributed by atoms with Gasteiger partial charge in [-0.3, -0.25) is 0 Å². The molecule has 1 aliphatic carbocycles. The van der Waals surface area contributed by atoms with Crippen molar-refractivity contribution in [2.45, 2.75) is 25.4 Å². The third-order valence-electron chi connectivity index (χ3n) is 3.07. The number of likely N-dealkylation sites (N-methyl/N-ethyl adjacent to an activating group) is 1. The largest absolute Gasteiger partial charge is 0.392 e. The van der Waals surface area contributed by atoms with Gasteiger partial charge >= 0.3 is 0 Å². The Kier molecular flexibility index (Phi) is 3.08. The van der Waals surface area contributed by atoms with Gasteiger partial charge in [0, 0.05) is 19.0 Å². The van der Waals surface area contributed by atoms with Crippen molar-refractivity contribution in [1.82, 2.24) is 4.90 Å². The zero-order chi connectivity index (χ0) is 10.8. The van der Waals surface area contributed by atoms with Crippen molar-refractivity contribution in [3.05, 3.63) is 35.4 Å². The molecule has 1 aliphatic rings. The van der Waals surface area contributed by atoms with Crippen LogP contribution >= 0.6 is 0 Å². The van der Waals surface area contributed by atoms with Gasteiger partial charge < -0.3 is 10.0 Å². The lowest BCUT2D eigenvalue weighted by atomic mass is 9.77. The lowest BCUT2D eigenvalue weighted by Gasteiger charge is -2.33. The van der Waals surface area contributed by atoms with Crippen LogP contribution in [0.3, 0.4) is 0 Å². The summed E-state index contributed by atoms with van der Waals surface area (Å²) in [5, 5.41) is 9.28. The molecule has 1 N–H and O–H groups in total. The first-order chi connectivity index (χ1) is 7.16. The molecule has 2 nitrogen and oxygen atoms in total. The van der Waals surface area contributed by atoms with Gasteiger partial charge in [-0.05, 0) is 31.5 Å². The fraction of sp³-hybridized carbons (Fsp3) is 0.538. The van der Waals surface area contributed by atoms with E-state index in [0.717, 1.165) is 13.1 Å². The quantitative estimate of drug-likeness (QED) is 0.807. The molecule has 1 aromatic carbocycles. The molecule has 0 amide bonds. The highest BCUT2D eigenvalue weighted by atomic mass is 16.3. The van der Waals surface area contributed by atoms with Crippen LogP contribution in [0, 0.1) is 0 Å². The van der Waals surface area contributed by atoms with Gasteiger partial charge in [0.25, 0.3) is 0 Å².